The van der Waals surface area contributed by atoms with E-state index in [1.54, 1.807) is 16.3 Å². The fourth-order valence-corrected chi connectivity index (χ4v) is 3.04. The van der Waals surface area contributed by atoms with Crippen LogP contribution in [0.1, 0.15) is 19.3 Å². The van der Waals surface area contributed by atoms with Gasteiger partial charge in [-0.25, -0.2) is 4.79 Å². The van der Waals surface area contributed by atoms with Gasteiger partial charge in [-0.2, -0.15) is 0 Å². The van der Waals surface area contributed by atoms with Crippen LogP contribution in [0.5, 0.6) is 0 Å². The molecule has 2 aliphatic rings. The first-order valence-electron chi connectivity index (χ1n) is 3.53. The minimum absolute atomic E-state index is 0.266. The van der Waals surface area contributed by atoms with Crippen LogP contribution in [0.2, 0.25) is 0 Å². The summed E-state index contributed by atoms with van der Waals surface area (Å²) in [6.45, 7) is 0. The summed E-state index contributed by atoms with van der Waals surface area (Å²) < 4.78 is 1.73. The van der Waals surface area contributed by atoms with E-state index in [-0.39, 0.29) is 6.03 Å². The van der Waals surface area contributed by atoms with Gasteiger partial charge in [-0.15, -0.1) is 0 Å². The van der Waals surface area contributed by atoms with Gasteiger partial charge in [0.1, 0.15) is 0 Å². The Labute approximate surface area is 64.1 Å². The van der Waals surface area contributed by atoms with Crippen LogP contribution in [0.3, 0.4) is 0 Å². The minimum Gasteiger partial charge on any atom is -0.351 e. The average Bonchev–Trinajstić information content (AvgIpc) is 2.44. The topological polar surface area (TPSA) is 46.3 Å². The van der Waals surface area contributed by atoms with Crippen molar-refractivity contribution in [3.63, 3.8) is 0 Å². The molecule has 1 aliphatic heterocycles. The number of primary amides is 1. The number of fused-ring (bicyclic) bond motifs is 2. The molecule has 0 aromatic rings. The maximum atomic E-state index is 10.7. The molecule has 10 heavy (non-hydrogen) atoms. The highest BCUT2D eigenvalue weighted by Gasteiger charge is 2.40. The summed E-state index contributed by atoms with van der Waals surface area (Å²) in [5.74, 6) is 0. The Morgan fingerprint density at radius 2 is 2.40 bits per heavy atom. The van der Waals surface area contributed by atoms with Crippen LogP contribution in [0.15, 0.2) is 0 Å². The van der Waals surface area contributed by atoms with E-state index in [1.165, 1.54) is 6.42 Å². The number of carbonyl (C=O) groups is 1. The lowest BCUT2D eigenvalue weighted by molar-refractivity contribution is 0.227. The summed E-state index contributed by atoms with van der Waals surface area (Å²) in [6, 6.07) is 0.185. The smallest absolute Gasteiger partial charge is 0.325 e. The quantitative estimate of drug-likeness (QED) is 0.533. The first-order valence-corrected chi connectivity index (χ1v) is 4.36. The maximum absolute atomic E-state index is 10.7. The zero-order chi connectivity index (χ0) is 7.14. The van der Waals surface area contributed by atoms with Crippen LogP contribution < -0.4 is 5.73 Å². The van der Waals surface area contributed by atoms with Crippen molar-refractivity contribution in [1.29, 1.82) is 0 Å². The number of urea groups is 1. The van der Waals surface area contributed by atoms with Gasteiger partial charge in [0.25, 0.3) is 0 Å². The lowest BCUT2D eigenvalue weighted by Crippen LogP contribution is -2.35. The number of hydrogen-bond acceptors (Lipinski definition) is 2. The van der Waals surface area contributed by atoms with E-state index < -0.39 is 0 Å². The molecule has 3 nitrogen and oxygen atoms in total. The summed E-state index contributed by atoms with van der Waals surface area (Å²) in [4.78, 5) is 10.7. The number of nitrogens with zero attached hydrogens (tertiary/aromatic N) is 1. The summed E-state index contributed by atoms with van der Waals surface area (Å²) >= 11 is 1.63. The SMILES string of the molecule is NC(=O)N1SC2CCC1C2. The predicted molar refractivity (Wildman–Crippen MR) is 40.4 cm³/mol. The molecule has 1 heterocycles. The molecule has 2 N–H and O–H groups in total. The van der Waals surface area contributed by atoms with Gasteiger partial charge in [0.15, 0.2) is 0 Å². The number of rotatable bonds is 0. The van der Waals surface area contributed by atoms with E-state index in [9.17, 15) is 4.79 Å². The molecule has 56 valence electrons. The summed E-state index contributed by atoms with van der Waals surface area (Å²) in [6.07, 6.45) is 3.58. The Hall–Kier alpha value is -0.380. The van der Waals surface area contributed by atoms with Crippen molar-refractivity contribution >= 4 is 18.0 Å². The summed E-state index contributed by atoms with van der Waals surface area (Å²) in [7, 11) is 0. The van der Waals surface area contributed by atoms with E-state index in [4.69, 9.17) is 5.73 Å². The molecule has 0 radical (unpaired) electrons. The Morgan fingerprint density at radius 1 is 1.60 bits per heavy atom. The second kappa shape index (κ2) is 2.05. The van der Waals surface area contributed by atoms with E-state index in [0.29, 0.717) is 11.3 Å². The second-order valence-electron chi connectivity index (χ2n) is 2.86. The lowest BCUT2D eigenvalue weighted by Gasteiger charge is -2.22. The van der Waals surface area contributed by atoms with Crippen LogP contribution in [-0.4, -0.2) is 21.6 Å². The summed E-state index contributed by atoms with van der Waals surface area (Å²) in [5, 5.41) is 0.678. The van der Waals surface area contributed by atoms with E-state index in [0.717, 1.165) is 12.8 Å². The largest absolute Gasteiger partial charge is 0.351 e. The zero-order valence-electron chi connectivity index (χ0n) is 5.62. The van der Waals surface area contributed by atoms with Crippen LogP contribution >= 0.6 is 11.9 Å². The molecule has 1 aliphatic carbocycles. The van der Waals surface area contributed by atoms with Crippen molar-refractivity contribution in [2.24, 2.45) is 5.73 Å². The molecular weight excluding hydrogens is 148 g/mol. The van der Waals surface area contributed by atoms with Crippen molar-refractivity contribution in [1.82, 2.24) is 4.31 Å². The van der Waals surface area contributed by atoms with Gasteiger partial charge < -0.3 is 5.73 Å². The molecule has 2 unspecified atom stereocenters. The third-order valence-corrected chi connectivity index (χ3v) is 3.60. The number of nitrogens with two attached hydrogens (primary N) is 1. The first kappa shape index (κ1) is 6.34. The predicted octanol–water partition coefficient (Wildman–Crippen LogP) is 0.950. The Morgan fingerprint density at radius 3 is 2.70 bits per heavy atom. The molecule has 2 fully saturated rings. The standard InChI is InChI=1S/C6H10N2OS/c7-6(9)8-4-1-2-5(3-4)10-8/h4-5H,1-3H2,(H2,7,9). The van der Waals surface area contributed by atoms with Gasteiger partial charge in [-0.3, -0.25) is 4.31 Å². The van der Waals surface area contributed by atoms with Gasteiger partial charge >= 0.3 is 6.03 Å². The highest BCUT2D eigenvalue weighted by atomic mass is 32.2. The Bertz CT molecular complexity index is 173. The van der Waals surface area contributed by atoms with Crippen LogP contribution in [0, 0.1) is 0 Å². The highest BCUT2D eigenvalue weighted by Crippen LogP contribution is 2.44. The van der Waals surface area contributed by atoms with Crippen molar-refractivity contribution in [3.8, 4) is 0 Å². The van der Waals surface area contributed by atoms with Crippen LogP contribution in [0.4, 0.5) is 4.79 Å². The maximum Gasteiger partial charge on any atom is 0.325 e. The van der Waals surface area contributed by atoms with E-state index >= 15 is 0 Å². The van der Waals surface area contributed by atoms with Crippen LogP contribution in [-0.2, 0) is 0 Å². The third kappa shape index (κ3) is 0.785. The molecule has 2 rings (SSSR count). The highest BCUT2D eigenvalue weighted by molar-refractivity contribution is 7.98. The van der Waals surface area contributed by atoms with Crippen LogP contribution in [0.25, 0.3) is 0 Å². The normalized spacial score (nSPS) is 37.0. The lowest BCUT2D eigenvalue weighted by atomic mass is 10.3. The van der Waals surface area contributed by atoms with Crippen molar-refractivity contribution in [2.45, 2.75) is 30.6 Å². The third-order valence-electron chi connectivity index (χ3n) is 2.17. The number of amides is 2. The Balaban J connectivity index is 2.08. The van der Waals surface area contributed by atoms with Crippen molar-refractivity contribution < 1.29 is 4.79 Å². The fraction of sp³-hybridized carbons (Fsp3) is 0.833. The van der Waals surface area contributed by atoms with E-state index in [2.05, 4.69) is 0 Å². The van der Waals surface area contributed by atoms with Gasteiger partial charge in [0.2, 0.25) is 0 Å². The second-order valence-corrected chi connectivity index (χ2v) is 4.13. The molecular formula is C6H10N2OS. The van der Waals surface area contributed by atoms with Gasteiger partial charge in [-0.1, -0.05) is 0 Å². The van der Waals surface area contributed by atoms with Gasteiger partial charge in [0, 0.05) is 11.3 Å². The molecule has 0 aromatic carbocycles. The molecule has 0 aromatic heterocycles. The van der Waals surface area contributed by atoms with Crippen molar-refractivity contribution in [2.75, 3.05) is 0 Å². The molecule has 0 spiro atoms. The molecule has 2 amide bonds. The number of carbonyl (C=O) groups excluding carboxylic acids is 1. The van der Waals surface area contributed by atoms with Crippen molar-refractivity contribution in [3.05, 3.63) is 0 Å². The van der Waals surface area contributed by atoms with Gasteiger partial charge in [0.05, 0.1) is 0 Å². The molecule has 1 saturated heterocycles. The van der Waals surface area contributed by atoms with E-state index in [1.807, 2.05) is 0 Å². The molecule has 2 bridgehead atoms. The number of hydrogen-bond donors (Lipinski definition) is 1. The zero-order valence-corrected chi connectivity index (χ0v) is 6.43. The van der Waals surface area contributed by atoms with Gasteiger partial charge in [-0.05, 0) is 31.2 Å². The molecule has 2 atom stereocenters. The minimum atomic E-state index is -0.266. The molecule has 4 heteroatoms. The fourth-order valence-electron chi connectivity index (χ4n) is 1.70. The molecule has 1 saturated carbocycles. The average molecular weight is 158 g/mol. The Kier molecular flexibility index (Phi) is 1.30. The summed E-state index contributed by atoms with van der Waals surface area (Å²) in [5.41, 5.74) is 5.15. The monoisotopic (exact) mass is 158 g/mol. The first-order chi connectivity index (χ1) is 4.77.